The minimum absolute atomic E-state index is 0.0528. The van der Waals surface area contributed by atoms with Crippen LogP contribution in [0.15, 0.2) is 84.4 Å². The average molecular weight is 508 g/mol. The summed E-state index contributed by atoms with van der Waals surface area (Å²) in [7, 11) is -5.36. The Kier molecular flexibility index (Phi) is 7.31. The van der Waals surface area contributed by atoms with E-state index in [2.05, 4.69) is 19.6 Å². The van der Waals surface area contributed by atoms with Gasteiger partial charge in [-0.05, 0) is 40.9 Å². The van der Waals surface area contributed by atoms with Crippen LogP contribution in [0.3, 0.4) is 0 Å². The van der Waals surface area contributed by atoms with Crippen molar-refractivity contribution in [2.45, 2.75) is 44.7 Å². The molecule has 0 aromatic heterocycles. The maximum Gasteiger partial charge on any atom is 0.335 e. The van der Waals surface area contributed by atoms with Gasteiger partial charge in [0.15, 0.2) is 0 Å². The highest BCUT2D eigenvalue weighted by Crippen LogP contribution is 2.47. The van der Waals surface area contributed by atoms with Gasteiger partial charge in [0.05, 0.1) is 30.0 Å². The maximum absolute atomic E-state index is 14.1. The zero-order valence-electron chi connectivity index (χ0n) is 20.8. The highest BCUT2D eigenvalue weighted by atomic mass is 32.2. The molecule has 0 saturated heterocycles. The molecule has 0 unspecified atom stereocenters. The smallest absolute Gasteiger partial charge is 0.335 e. The first-order chi connectivity index (χ1) is 16.6. The van der Waals surface area contributed by atoms with E-state index in [1.165, 1.54) is 0 Å². The van der Waals surface area contributed by atoms with Crippen LogP contribution in [-0.2, 0) is 19.6 Å². The second-order valence-corrected chi connectivity index (χ2v) is 17.7. The van der Waals surface area contributed by atoms with Crippen LogP contribution in [0.25, 0.3) is 10.8 Å². The van der Waals surface area contributed by atoms with Gasteiger partial charge in [-0.2, -0.15) is 4.31 Å². The normalized spacial score (nSPS) is 19.0. The largest absolute Gasteiger partial charge is 0.463 e. The van der Waals surface area contributed by atoms with E-state index in [4.69, 9.17) is 4.74 Å². The topological polar surface area (TPSA) is 63.7 Å². The van der Waals surface area contributed by atoms with Gasteiger partial charge in [-0.25, -0.2) is 13.2 Å². The predicted octanol–water partition coefficient (Wildman–Crippen LogP) is 6.10. The number of esters is 1. The number of benzene rings is 3. The Hall–Kier alpha value is -2.74. The van der Waals surface area contributed by atoms with E-state index in [0.717, 1.165) is 21.9 Å². The Balaban J connectivity index is 1.94. The van der Waals surface area contributed by atoms with Gasteiger partial charge in [0.1, 0.15) is 0 Å². The molecule has 0 fully saturated rings. The number of ether oxygens (including phenoxy) is 1. The zero-order chi connectivity index (χ0) is 25.2. The summed E-state index contributed by atoms with van der Waals surface area (Å²) in [5.74, 6) is -0.425. The van der Waals surface area contributed by atoms with Crippen LogP contribution in [0.2, 0.25) is 25.7 Å². The highest BCUT2D eigenvalue weighted by Gasteiger charge is 2.46. The molecule has 184 valence electrons. The first kappa shape index (κ1) is 25.4. The molecule has 4 rings (SSSR count). The third-order valence-corrected chi connectivity index (χ3v) is 10.3. The minimum atomic E-state index is -3.73. The second-order valence-electron chi connectivity index (χ2n) is 10.1. The first-order valence-corrected chi connectivity index (χ1v) is 17.4. The van der Waals surface area contributed by atoms with E-state index in [0.29, 0.717) is 11.6 Å². The number of hydrogen-bond donors (Lipinski definition) is 0. The van der Waals surface area contributed by atoms with Crippen molar-refractivity contribution in [3.63, 3.8) is 0 Å². The second kappa shape index (κ2) is 10.1. The van der Waals surface area contributed by atoms with Gasteiger partial charge in [0.2, 0.25) is 10.0 Å². The Morgan fingerprint density at radius 3 is 2.29 bits per heavy atom. The van der Waals surface area contributed by atoms with Gasteiger partial charge in [-0.15, -0.1) is 0 Å². The van der Waals surface area contributed by atoms with Crippen molar-refractivity contribution in [2.75, 3.05) is 12.4 Å². The van der Waals surface area contributed by atoms with Crippen molar-refractivity contribution >= 4 is 34.8 Å². The molecule has 3 aromatic rings. The summed E-state index contributed by atoms with van der Waals surface area (Å²) in [6.45, 7) is 8.50. The Bertz CT molecular complexity index is 1340. The molecule has 0 bridgehead atoms. The van der Waals surface area contributed by atoms with Crippen molar-refractivity contribution in [2.24, 2.45) is 0 Å². The molecule has 3 aromatic carbocycles. The monoisotopic (exact) mass is 507 g/mol. The maximum atomic E-state index is 14.1. The predicted molar refractivity (Wildman–Crippen MR) is 144 cm³/mol. The van der Waals surface area contributed by atoms with Crippen molar-refractivity contribution in [3.8, 4) is 0 Å². The molecular formula is C28H33NO4SSi. The van der Waals surface area contributed by atoms with E-state index >= 15 is 0 Å². The van der Waals surface area contributed by atoms with Crippen molar-refractivity contribution in [3.05, 3.63) is 95.6 Å². The summed E-state index contributed by atoms with van der Waals surface area (Å²) in [6, 6.07) is 22.5. The number of carbonyl (C=O) groups is 1. The molecule has 5 nitrogen and oxygen atoms in total. The van der Waals surface area contributed by atoms with Crippen LogP contribution in [0.5, 0.6) is 0 Å². The molecule has 1 aliphatic heterocycles. The molecule has 35 heavy (non-hydrogen) atoms. The zero-order valence-corrected chi connectivity index (χ0v) is 22.6. The average Bonchev–Trinajstić information content (AvgIpc) is 3.24. The van der Waals surface area contributed by atoms with Crippen molar-refractivity contribution < 1.29 is 17.9 Å². The van der Waals surface area contributed by atoms with Crippen LogP contribution in [-0.4, -0.2) is 39.1 Å². The molecule has 0 spiro atoms. The lowest BCUT2D eigenvalue weighted by Crippen LogP contribution is -2.38. The lowest BCUT2D eigenvalue weighted by atomic mass is 9.95. The molecule has 2 atom stereocenters. The van der Waals surface area contributed by atoms with E-state index in [-0.39, 0.29) is 12.4 Å². The van der Waals surface area contributed by atoms with Gasteiger partial charge in [-0.3, -0.25) is 0 Å². The molecule has 0 amide bonds. The molecule has 1 aliphatic rings. The summed E-state index contributed by atoms with van der Waals surface area (Å²) in [6.07, 6.45) is 1.78. The van der Waals surface area contributed by atoms with Gasteiger partial charge < -0.3 is 4.74 Å². The third-order valence-electron chi connectivity index (χ3n) is 6.36. The van der Waals surface area contributed by atoms with Crippen LogP contribution in [0.4, 0.5) is 0 Å². The standard InChI is InChI=1S/C28H33NO4SSi/c1-5-33-28(30)25-20-26(22-13-7-6-8-14-22)29(34(31,32)18-19-35(2,3)4)27(25)24-17-11-15-21-12-9-10-16-23(21)24/h6-17,20,26-27H,5,18-19H2,1-4H3/t26-,27-/m1/s1. The summed E-state index contributed by atoms with van der Waals surface area (Å²) in [5.41, 5.74) is 1.99. The number of sulfonamides is 1. The molecule has 0 aliphatic carbocycles. The van der Waals surface area contributed by atoms with Crippen molar-refractivity contribution in [1.29, 1.82) is 0 Å². The fourth-order valence-corrected chi connectivity index (χ4v) is 9.36. The van der Waals surface area contributed by atoms with Gasteiger partial charge in [0.25, 0.3) is 0 Å². The summed E-state index contributed by atoms with van der Waals surface area (Å²) in [5, 5.41) is 1.92. The Labute approximate surface area is 209 Å². The van der Waals surface area contributed by atoms with Crippen LogP contribution >= 0.6 is 0 Å². The first-order valence-electron chi connectivity index (χ1n) is 12.0. The minimum Gasteiger partial charge on any atom is -0.463 e. The number of carbonyl (C=O) groups excluding carboxylic acids is 1. The number of hydrogen-bond acceptors (Lipinski definition) is 4. The van der Waals surface area contributed by atoms with Crippen LogP contribution in [0, 0.1) is 0 Å². The van der Waals surface area contributed by atoms with Gasteiger partial charge in [0, 0.05) is 8.07 Å². The van der Waals surface area contributed by atoms with Gasteiger partial charge >= 0.3 is 5.97 Å². The number of nitrogens with zero attached hydrogens (tertiary/aromatic N) is 1. The van der Waals surface area contributed by atoms with Gasteiger partial charge in [-0.1, -0.05) is 92.4 Å². The molecular weight excluding hydrogens is 474 g/mol. The molecule has 7 heteroatoms. The fraction of sp³-hybridized carbons (Fsp3) is 0.321. The van der Waals surface area contributed by atoms with E-state index in [1.54, 1.807) is 17.3 Å². The van der Waals surface area contributed by atoms with Crippen LogP contribution < -0.4 is 0 Å². The lowest BCUT2D eigenvalue weighted by molar-refractivity contribution is -0.138. The SMILES string of the molecule is CCOC(=O)C1=C[C@H](c2ccccc2)N(S(=O)(=O)CC[Si](C)(C)C)[C@@H]1c1cccc2ccccc12. The number of fused-ring (bicyclic) bond motifs is 1. The van der Waals surface area contributed by atoms with Crippen LogP contribution in [0.1, 0.15) is 30.1 Å². The molecule has 0 saturated carbocycles. The summed E-state index contributed by atoms with van der Waals surface area (Å²) < 4.78 is 35.1. The van der Waals surface area contributed by atoms with Crippen molar-refractivity contribution in [1.82, 2.24) is 4.31 Å². The lowest BCUT2D eigenvalue weighted by Gasteiger charge is -2.32. The van der Waals surface area contributed by atoms with E-state index in [9.17, 15) is 13.2 Å². The molecule has 0 radical (unpaired) electrons. The third kappa shape index (κ3) is 5.42. The molecule has 0 N–H and O–H groups in total. The fourth-order valence-electron chi connectivity index (χ4n) is 4.59. The van der Waals surface area contributed by atoms with E-state index in [1.807, 2.05) is 72.8 Å². The Morgan fingerprint density at radius 2 is 1.60 bits per heavy atom. The Morgan fingerprint density at radius 1 is 0.943 bits per heavy atom. The quantitative estimate of drug-likeness (QED) is 0.273. The summed E-state index contributed by atoms with van der Waals surface area (Å²) >= 11 is 0. The number of rotatable bonds is 8. The highest BCUT2D eigenvalue weighted by molar-refractivity contribution is 7.89. The van der Waals surface area contributed by atoms with E-state index < -0.39 is 36.2 Å². The molecule has 1 heterocycles. The summed E-state index contributed by atoms with van der Waals surface area (Å²) in [4.78, 5) is 13.2.